The molecule has 3 rings (SSSR count). The minimum atomic E-state index is -0.925. The van der Waals surface area contributed by atoms with E-state index in [4.69, 9.17) is 4.74 Å². The third kappa shape index (κ3) is 3.33. The highest BCUT2D eigenvalue weighted by Crippen LogP contribution is 2.35. The molecule has 0 atom stereocenters. The minimum Gasteiger partial charge on any atom is -0.494 e. The summed E-state index contributed by atoms with van der Waals surface area (Å²) >= 11 is 1.57. The highest BCUT2D eigenvalue weighted by Gasteiger charge is 2.24. The number of aromatic nitrogens is 2. The molecular weight excluding hydrogens is 348 g/mol. The van der Waals surface area contributed by atoms with Crippen LogP contribution in [0.3, 0.4) is 0 Å². The fourth-order valence-corrected chi connectivity index (χ4v) is 4.19. The molecule has 5 nitrogen and oxygen atoms in total. The molecule has 1 aromatic carbocycles. The van der Waals surface area contributed by atoms with Crippen LogP contribution in [-0.4, -0.2) is 27.1 Å². The fraction of sp³-hybridized carbons (Fsp3) is 0.400. The van der Waals surface area contributed by atoms with E-state index in [2.05, 4.69) is 18.8 Å². The molecule has 0 aliphatic rings. The van der Waals surface area contributed by atoms with Gasteiger partial charge in [-0.15, -0.1) is 11.3 Å². The van der Waals surface area contributed by atoms with Crippen LogP contribution in [0.4, 0.5) is 0 Å². The smallest absolute Gasteiger partial charge is 0.354 e. The van der Waals surface area contributed by atoms with Gasteiger partial charge in [-0.3, -0.25) is 4.40 Å². The van der Waals surface area contributed by atoms with Gasteiger partial charge in [0.05, 0.1) is 18.0 Å². The summed E-state index contributed by atoms with van der Waals surface area (Å²) in [6.45, 7) is 6.88. The van der Waals surface area contributed by atoms with E-state index in [-0.39, 0.29) is 0 Å². The summed E-state index contributed by atoms with van der Waals surface area (Å²) in [7, 11) is 0. The van der Waals surface area contributed by atoms with Crippen molar-refractivity contribution in [3.05, 3.63) is 40.5 Å². The zero-order valence-corrected chi connectivity index (χ0v) is 16.2. The average Bonchev–Trinajstić information content (AvgIpc) is 3.15. The van der Waals surface area contributed by atoms with Crippen molar-refractivity contribution in [3.63, 3.8) is 0 Å². The van der Waals surface area contributed by atoms with E-state index >= 15 is 0 Å². The van der Waals surface area contributed by atoms with Crippen LogP contribution in [0.2, 0.25) is 0 Å². The van der Waals surface area contributed by atoms with Gasteiger partial charge in [-0.05, 0) is 49.1 Å². The largest absolute Gasteiger partial charge is 0.494 e. The Labute approximate surface area is 157 Å². The number of hydrogen-bond donors (Lipinski definition) is 1. The molecule has 138 valence electrons. The first-order valence-electron chi connectivity index (χ1n) is 9.10. The monoisotopic (exact) mass is 372 g/mol. The predicted molar refractivity (Wildman–Crippen MR) is 105 cm³/mol. The number of hydrogen-bond acceptors (Lipinski definition) is 4. The van der Waals surface area contributed by atoms with Crippen molar-refractivity contribution >= 4 is 22.3 Å². The molecule has 2 heterocycles. The van der Waals surface area contributed by atoms with Crippen molar-refractivity contribution in [1.29, 1.82) is 0 Å². The molecular formula is C20H24N2O3S. The van der Waals surface area contributed by atoms with Crippen molar-refractivity contribution in [1.82, 2.24) is 9.38 Å². The Kier molecular flexibility index (Phi) is 5.61. The molecule has 2 aromatic heterocycles. The molecule has 1 N–H and O–H groups in total. The second-order valence-corrected chi connectivity index (χ2v) is 7.24. The second-order valence-electron chi connectivity index (χ2n) is 6.18. The molecule has 0 radical (unpaired) electrons. The van der Waals surface area contributed by atoms with Gasteiger partial charge in [-0.2, -0.15) is 0 Å². The van der Waals surface area contributed by atoms with Crippen LogP contribution in [0.25, 0.3) is 16.2 Å². The first-order valence-corrected chi connectivity index (χ1v) is 9.91. The van der Waals surface area contributed by atoms with Gasteiger partial charge in [0.25, 0.3) is 0 Å². The fourth-order valence-electron chi connectivity index (χ4n) is 3.09. The van der Waals surface area contributed by atoms with Crippen LogP contribution in [0, 0.1) is 0 Å². The van der Waals surface area contributed by atoms with Crippen molar-refractivity contribution < 1.29 is 14.6 Å². The maximum absolute atomic E-state index is 11.9. The third-order valence-corrected chi connectivity index (χ3v) is 5.42. The molecule has 0 saturated heterocycles. The maximum Gasteiger partial charge on any atom is 0.354 e. The van der Waals surface area contributed by atoms with Gasteiger partial charge >= 0.3 is 5.97 Å². The molecule has 0 aliphatic heterocycles. The molecule has 0 amide bonds. The Morgan fingerprint density at radius 1 is 1.19 bits per heavy atom. The van der Waals surface area contributed by atoms with E-state index in [9.17, 15) is 9.90 Å². The van der Waals surface area contributed by atoms with Gasteiger partial charge in [-0.25, -0.2) is 9.78 Å². The van der Waals surface area contributed by atoms with Gasteiger partial charge < -0.3 is 9.84 Å². The molecule has 0 spiro atoms. The Balaban J connectivity index is 2.15. The zero-order chi connectivity index (χ0) is 18.7. The molecule has 6 heteroatoms. The first-order chi connectivity index (χ1) is 12.6. The Bertz CT molecular complexity index is 909. The quantitative estimate of drug-likeness (QED) is 0.600. The Hall–Kier alpha value is -2.34. The summed E-state index contributed by atoms with van der Waals surface area (Å²) in [6, 6.07) is 7.88. The van der Waals surface area contributed by atoms with Gasteiger partial charge in [-0.1, -0.05) is 27.2 Å². The van der Waals surface area contributed by atoms with Gasteiger partial charge in [0.2, 0.25) is 0 Å². The predicted octanol–water partition coefficient (Wildman–Crippen LogP) is 5.06. The van der Waals surface area contributed by atoms with Crippen LogP contribution >= 0.6 is 11.3 Å². The maximum atomic E-state index is 11.9. The molecule has 0 saturated carbocycles. The van der Waals surface area contributed by atoms with Gasteiger partial charge in [0.1, 0.15) is 5.75 Å². The van der Waals surface area contributed by atoms with Crippen LogP contribution < -0.4 is 4.74 Å². The van der Waals surface area contributed by atoms with E-state index in [1.165, 1.54) is 0 Å². The Morgan fingerprint density at radius 2 is 1.92 bits per heavy atom. The third-order valence-electron chi connectivity index (χ3n) is 4.23. The second kappa shape index (κ2) is 7.91. The van der Waals surface area contributed by atoms with Crippen LogP contribution in [0.5, 0.6) is 5.75 Å². The molecule has 26 heavy (non-hydrogen) atoms. The lowest BCUT2D eigenvalue weighted by atomic mass is 10.1. The lowest BCUT2D eigenvalue weighted by Gasteiger charge is -2.08. The van der Waals surface area contributed by atoms with Crippen LogP contribution in [0.1, 0.15) is 54.7 Å². The van der Waals surface area contributed by atoms with Crippen LogP contribution in [0.15, 0.2) is 24.3 Å². The number of rotatable bonds is 8. The number of carbonyl (C=O) groups is 1. The van der Waals surface area contributed by atoms with Gasteiger partial charge in [0.15, 0.2) is 10.7 Å². The average molecular weight is 372 g/mol. The van der Waals surface area contributed by atoms with Crippen molar-refractivity contribution in [2.75, 3.05) is 6.61 Å². The SMILES string of the molecule is CCCOc1ccc(-c2c(CC)sc3nc(CCC)c(C(=O)O)n23)cc1. The highest BCUT2D eigenvalue weighted by atomic mass is 32.1. The van der Waals surface area contributed by atoms with E-state index in [0.717, 1.165) is 46.1 Å². The number of carboxylic acids is 1. The van der Waals surface area contributed by atoms with E-state index in [0.29, 0.717) is 24.4 Å². The summed E-state index contributed by atoms with van der Waals surface area (Å²) in [5, 5.41) is 9.80. The van der Waals surface area contributed by atoms with Crippen LogP contribution in [-0.2, 0) is 12.8 Å². The number of imidazole rings is 1. The number of aromatic carboxylic acids is 1. The van der Waals surface area contributed by atoms with E-state index in [1.54, 1.807) is 11.3 Å². The number of ether oxygens (including phenoxy) is 1. The Morgan fingerprint density at radius 3 is 2.50 bits per heavy atom. The van der Waals surface area contributed by atoms with Crippen molar-refractivity contribution in [2.24, 2.45) is 0 Å². The van der Waals surface area contributed by atoms with Gasteiger partial charge in [0, 0.05) is 4.88 Å². The van der Waals surface area contributed by atoms with Crippen molar-refractivity contribution in [3.8, 4) is 17.0 Å². The van der Waals surface area contributed by atoms with Crippen molar-refractivity contribution in [2.45, 2.75) is 46.5 Å². The first kappa shape index (κ1) is 18.5. The number of thiazole rings is 1. The highest BCUT2D eigenvalue weighted by molar-refractivity contribution is 7.17. The zero-order valence-electron chi connectivity index (χ0n) is 15.4. The molecule has 0 aliphatic carbocycles. The number of carboxylic acid groups (broad SMARTS) is 1. The minimum absolute atomic E-state index is 0.291. The molecule has 0 fully saturated rings. The topological polar surface area (TPSA) is 63.8 Å². The van der Waals surface area contributed by atoms with E-state index < -0.39 is 5.97 Å². The molecule has 0 unspecified atom stereocenters. The lowest BCUT2D eigenvalue weighted by Crippen LogP contribution is -2.06. The number of fused-ring (bicyclic) bond motifs is 1. The standard InChI is InChI=1S/C20H24N2O3S/c1-4-7-15-18(19(23)24)22-17(16(6-3)26-20(22)21-15)13-8-10-14(11-9-13)25-12-5-2/h8-11H,4-7,12H2,1-3H3,(H,23,24). The normalized spacial score (nSPS) is 11.2. The number of nitrogens with zero attached hydrogens (tertiary/aromatic N) is 2. The number of aryl methyl sites for hydroxylation is 2. The molecule has 3 aromatic rings. The summed E-state index contributed by atoms with van der Waals surface area (Å²) in [5.74, 6) is -0.0959. The lowest BCUT2D eigenvalue weighted by molar-refractivity contribution is 0.0688. The summed E-state index contributed by atoms with van der Waals surface area (Å²) in [6.07, 6.45) is 3.33. The summed E-state index contributed by atoms with van der Waals surface area (Å²) in [4.78, 5) is 18.5. The summed E-state index contributed by atoms with van der Waals surface area (Å²) in [5.41, 5.74) is 2.87. The number of benzene rings is 1. The summed E-state index contributed by atoms with van der Waals surface area (Å²) < 4.78 is 7.48. The molecule has 0 bridgehead atoms. The van der Waals surface area contributed by atoms with E-state index in [1.807, 2.05) is 35.6 Å².